The fourth-order valence-electron chi connectivity index (χ4n) is 2.23. The molecule has 1 rings (SSSR count). The zero-order valence-electron chi connectivity index (χ0n) is 13.4. The van der Waals surface area contributed by atoms with Gasteiger partial charge >= 0.3 is 6.18 Å². The summed E-state index contributed by atoms with van der Waals surface area (Å²) in [4.78, 5) is 13.2. The number of amides is 1. The zero-order chi connectivity index (χ0) is 17.5. The number of nitrogens with one attached hydrogen (secondary N) is 1. The Kier molecular flexibility index (Phi) is 7.51. The monoisotopic (exact) mass is 331 g/mol. The van der Waals surface area contributed by atoms with Crippen LogP contribution in [-0.2, 0) is 4.79 Å². The predicted molar refractivity (Wildman–Crippen MR) is 83.7 cm³/mol. The van der Waals surface area contributed by atoms with Crippen molar-refractivity contribution < 1.29 is 18.0 Å². The highest BCUT2D eigenvalue weighted by molar-refractivity contribution is 5.79. The van der Waals surface area contributed by atoms with Crippen LogP contribution in [0.5, 0.6) is 0 Å². The van der Waals surface area contributed by atoms with Gasteiger partial charge in [-0.3, -0.25) is 9.69 Å². The van der Waals surface area contributed by atoms with E-state index in [2.05, 4.69) is 5.32 Å². The SMILES string of the molecule is CC(C(=O)NCCCN(C)CC(F)(F)F)C(N)c1ccccc1. The van der Waals surface area contributed by atoms with Crippen LogP contribution in [0, 0.1) is 5.92 Å². The molecule has 0 saturated heterocycles. The second-order valence-corrected chi connectivity index (χ2v) is 5.72. The molecule has 0 aliphatic heterocycles. The van der Waals surface area contributed by atoms with Gasteiger partial charge in [0.1, 0.15) is 0 Å². The van der Waals surface area contributed by atoms with Crippen LogP contribution in [-0.4, -0.2) is 43.7 Å². The van der Waals surface area contributed by atoms with Crippen LogP contribution < -0.4 is 11.1 Å². The number of carbonyl (C=O) groups is 1. The molecule has 0 fully saturated rings. The van der Waals surface area contributed by atoms with E-state index in [9.17, 15) is 18.0 Å². The summed E-state index contributed by atoms with van der Waals surface area (Å²) in [6, 6.07) is 8.90. The standard InChI is InChI=1S/C16H24F3N3O/c1-12(14(20)13-7-4-3-5-8-13)15(23)21-9-6-10-22(2)11-16(17,18)19/h3-5,7-8,12,14H,6,9-11,20H2,1-2H3,(H,21,23). The molecule has 2 atom stereocenters. The van der Waals surface area contributed by atoms with Crippen molar-refractivity contribution in [3.8, 4) is 0 Å². The number of alkyl halides is 3. The van der Waals surface area contributed by atoms with Gasteiger partial charge in [0.15, 0.2) is 0 Å². The van der Waals surface area contributed by atoms with E-state index in [4.69, 9.17) is 5.73 Å². The molecule has 0 saturated carbocycles. The molecular formula is C16H24F3N3O. The fraction of sp³-hybridized carbons (Fsp3) is 0.562. The zero-order valence-corrected chi connectivity index (χ0v) is 13.4. The molecule has 3 N–H and O–H groups in total. The lowest BCUT2D eigenvalue weighted by Crippen LogP contribution is -2.37. The molecular weight excluding hydrogens is 307 g/mol. The molecule has 0 radical (unpaired) electrons. The number of halogens is 3. The minimum absolute atomic E-state index is 0.195. The molecule has 0 spiro atoms. The smallest absolute Gasteiger partial charge is 0.356 e. The molecule has 7 heteroatoms. The fourth-order valence-corrected chi connectivity index (χ4v) is 2.23. The van der Waals surface area contributed by atoms with Crippen molar-refractivity contribution in [3.63, 3.8) is 0 Å². The first-order valence-electron chi connectivity index (χ1n) is 7.54. The number of benzene rings is 1. The second kappa shape index (κ2) is 8.88. The van der Waals surface area contributed by atoms with Gasteiger partial charge in [-0.15, -0.1) is 0 Å². The Morgan fingerprint density at radius 3 is 2.48 bits per heavy atom. The van der Waals surface area contributed by atoms with Crippen molar-refractivity contribution in [3.05, 3.63) is 35.9 Å². The summed E-state index contributed by atoms with van der Waals surface area (Å²) in [5, 5.41) is 2.72. The molecule has 23 heavy (non-hydrogen) atoms. The van der Waals surface area contributed by atoms with Gasteiger partial charge in [-0.1, -0.05) is 37.3 Å². The lowest BCUT2D eigenvalue weighted by molar-refractivity contribution is -0.143. The number of nitrogens with zero attached hydrogens (tertiary/aromatic N) is 1. The van der Waals surface area contributed by atoms with E-state index in [0.29, 0.717) is 13.0 Å². The molecule has 0 aliphatic carbocycles. The molecule has 0 bridgehead atoms. The van der Waals surface area contributed by atoms with Gasteiger partial charge in [0.25, 0.3) is 0 Å². The Morgan fingerprint density at radius 2 is 1.91 bits per heavy atom. The second-order valence-electron chi connectivity index (χ2n) is 5.72. The van der Waals surface area contributed by atoms with E-state index >= 15 is 0 Å². The van der Waals surface area contributed by atoms with Gasteiger partial charge in [-0.05, 0) is 25.6 Å². The number of hydrogen-bond donors (Lipinski definition) is 2. The molecule has 0 aliphatic rings. The summed E-state index contributed by atoms with van der Waals surface area (Å²) >= 11 is 0. The van der Waals surface area contributed by atoms with Crippen molar-refractivity contribution in [1.29, 1.82) is 0 Å². The third-order valence-electron chi connectivity index (χ3n) is 3.60. The van der Waals surface area contributed by atoms with E-state index in [-0.39, 0.29) is 12.5 Å². The van der Waals surface area contributed by atoms with Crippen molar-refractivity contribution in [2.45, 2.75) is 25.6 Å². The van der Waals surface area contributed by atoms with Gasteiger partial charge in [0.05, 0.1) is 12.5 Å². The lowest BCUT2D eigenvalue weighted by atomic mass is 9.95. The molecule has 0 aromatic heterocycles. The number of rotatable bonds is 8. The highest BCUT2D eigenvalue weighted by Crippen LogP contribution is 2.19. The van der Waals surface area contributed by atoms with Gasteiger partial charge in [-0.25, -0.2) is 0 Å². The summed E-state index contributed by atoms with van der Waals surface area (Å²) in [6.07, 6.45) is -3.75. The van der Waals surface area contributed by atoms with Gasteiger partial charge in [-0.2, -0.15) is 13.2 Å². The summed E-state index contributed by atoms with van der Waals surface area (Å²) in [5.74, 6) is -0.606. The number of nitrogens with two attached hydrogens (primary N) is 1. The Hall–Kier alpha value is -1.60. The molecule has 2 unspecified atom stereocenters. The summed E-state index contributed by atoms with van der Waals surface area (Å²) < 4.78 is 36.5. The average Bonchev–Trinajstić information content (AvgIpc) is 2.49. The quantitative estimate of drug-likeness (QED) is 0.719. The van der Waals surface area contributed by atoms with Crippen LogP contribution in [0.15, 0.2) is 30.3 Å². The van der Waals surface area contributed by atoms with Gasteiger partial charge in [0.2, 0.25) is 5.91 Å². The lowest BCUT2D eigenvalue weighted by Gasteiger charge is -2.21. The van der Waals surface area contributed by atoms with Crippen molar-refractivity contribution >= 4 is 5.91 Å². The van der Waals surface area contributed by atoms with Crippen molar-refractivity contribution in [1.82, 2.24) is 10.2 Å². The molecule has 1 aromatic carbocycles. The summed E-state index contributed by atoms with van der Waals surface area (Å²) in [6.45, 7) is 1.38. The molecule has 0 heterocycles. The van der Waals surface area contributed by atoms with Crippen LogP contribution in [0.4, 0.5) is 13.2 Å². The largest absolute Gasteiger partial charge is 0.401 e. The van der Waals surface area contributed by atoms with Crippen molar-refractivity contribution in [2.75, 3.05) is 26.7 Å². The maximum atomic E-state index is 12.2. The first-order valence-corrected chi connectivity index (χ1v) is 7.54. The first kappa shape index (κ1) is 19.4. The summed E-state index contributed by atoms with van der Waals surface area (Å²) in [7, 11) is 1.41. The third kappa shape index (κ3) is 7.47. The van der Waals surface area contributed by atoms with E-state index in [1.165, 1.54) is 11.9 Å². The van der Waals surface area contributed by atoms with Crippen LogP contribution in [0.1, 0.15) is 24.9 Å². The first-order chi connectivity index (χ1) is 10.7. The van der Waals surface area contributed by atoms with Gasteiger partial charge < -0.3 is 11.1 Å². The Morgan fingerprint density at radius 1 is 1.30 bits per heavy atom. The molecule has 130 valence electrons. The molecule has 1 amide bonds. The van der Waals surface area contributed by atoms with E-state index < -0.39 is 24.7 Å². The summed E-state index contributed by atoms with van der Waals surface area (Å²) in [5.41, 5.74) is 6.94. The van der Waals surface area contributed by atoms with Crippen LogP contribution in [0.3, 0.4) is 0 Å². The number of carbonyl (C=O) groups excluding carboxylic acids is 1. The van der Waals surface area contributed by atoms with Crippen molar-refractivity contribution in [2.24, 2.45) is 11.7 Å². The maximum absolute atomic E-state index is 12.2. The number of hydrogen-bond acceptors (Lipinski definition) is 3. The average molecular weight is 331 g/mol. The highest BCUT2D eigenvalue weighted by Gasteiger charge is 2.28. The Labute approximate surface area is 134 Å². The minimum Gasteiger partial charge on any atom is -0.356 e. The normalized spacial score (nSPS) is 14.6. The highest BCUT2D eigenvalue weighted by atomic mass is 19.4. The molecule has 1 aromatic rings. The predicted octanol–water partition coefficient (Wildman–Crippen LogP) is 2.32. The Balaban J connectivity index is 2.31. The topological polar surface area (TPSA) is 58.4 Å². The van der Waals surface area contributed by atoms with E-state index in [1.807, 2.05) is 30.3 Å². The van der Waals surface area contributed by atoms with E-state index in [0.717, 1.165) is 5.56 Å². The van der Waals surface area contributed by atoms with E-state index in [1.54, 1.807) is 6.92 Å². The minimum atomic E-state index is -4.20. The molecule has 4 nitrogen and oxygen atoms in total. The van der Waals surface area contributed by atoms with Crippen LogP contribution >= 0.6 is 0 Å². The Bertz CT molecular complexity index is 479. The van der Waals surface area contributed by atoms with Crippen LogP contribution in [0.25, 0.3) is 0 Å². The third-order valence-corrected chi connectivity index (χ3v) is 3.60. The maximum Gasteiger partial charge on any atom is 0.401 e. The van der Waals surface area contributed by atoms with Gasteiger partial charge in [0, 0.05) is 12.6 Å². The van der Waals surface area contributed by atoms with Crippen LogP contribution in [0.2, 0.25) is 0 Å².